The summed E-state index contributed by atoms with van der Waals surface area (Å²) in [7, 11) is 0. The quantitative estimate of drug-likeness (QED) is 0.462. The van der Waals surface area contributed by atoms with Crippen LogP contribution in [0.25, 0.3) is 0 Å². The van der Waals surface area contributed by atoms with E-state index in [1.165, 1.54) is 4.90 Å². The van der Waals surface area contributed by atoms with Crippen LogP contribution < -0.4 is 5.32 Å². The van der Waals surface area contributed by atoms with Gasteiger partial charge >= 0.3 is 11.9 Å². The number of benzene rings is 1. The number of nitrogens with one attached hydrogen (secondary N) is 1. The van der Waals surface area contributed by atoms with E-state index in [-0.39, 0.29) is 26.2 Å². The second-order valence-electron chi connectivity index (χ2n) is 4.27. The minimum atomic E-state index is -1.09. The molecule has 7 nitrogen and oxygen atoms in total. The Balaban J connectivity index is 2.39. The fraction of sp³-hybridized carbons (Fsp3) is 0.385. The van der Waals surface area contributed by atoms with Crippen LogP contribution in [0.5, 0.6) is 0 Å². The number of aliphatic hydroxyl groups is 1. The third-order valence-corrected chi connectivity index (χ3v) is 2.60. The van der Waals surface area contributed by atoms with Crippen molar-refractivity contribution in [2.45, 2.75) is 6.23 Å². The first-order valence-electron chi connectivity index (χ1n) is 6.11. The monoisotopic (exact) mass is 282 g/mol. The highest BCUT2D eigenvalue weighted by Gasteiger charge is 2.13. The van der Waals surface area contributed by atoms with Crippen molar-refractivity contribution in [3.8, 4) is 0 Å². The van der Waals surface area contributed by atoms with Crippen LogP contribution in [0.15, 0.2) is 30.3 Å². The number of aliphatic carboxylic acids is 2. The van der Waals surface area contributed by atoms with E-state index in [0.717, 1.165) is 0 Å². The molecule has 0 amide bonds. The zero-order valence-electron chi connectivity index (χ0n) is 10.9. The summed E-state index contributed by atoms with van der Waals surface area (Å²) < 4.78 is 0. The molecule has 110 valence electrons. The van der Waals surface area contributed by atoms with Crippen LogP contribution in [-0.4, -0.2) is 58.3 Å². The average Bonchev–Trinajstić information content (AvgIpc) is 2.38. The van der Waals surface area contributed by atoms with Crippen LogP contribution in [0.4, 0.5) is 0 Å². The van der Waals surface area contributed by atoms with Gasteiger partial charge in [0.1, 0.15) is 6.23 Å². The SMILES string of the molecule is O=C(O)CN(CCNC(O)c1ccccc1)CC(=O)O. The van der Waals surface area contributed by atoms with Crippen molar-refractivity contribution in [2.75, 3.05) is 26.2 Å². The molecule has 0 fully saturated rings. The Morgan fingerprint density at radius 2 is 1.65 bits per heavy atom. The molecule has 0 aliphatic heterocycles. The molecule has 0 aliphatic carbocycles. The van der Waals surface area contributed by atoms with Crippen LogP contribution in [0.2, 0.25) is 0 Å². The number of rotatable bonds is 9. The maximum Gasteiger partial charge on any atom is 0.317 e. The summed E-state index contributed by atoms with van der Waals surface area (Å²) in [5, 5.41) is 30.0. The number of hydrogen-bond donors (Lipinski definition) is 4. The van der Waals surface area contributed by atoms with E-state index in [4.69, 9.17) is 10.2 Å². The topological polar surface area (TPSA) is 110 Å². The first-order valence-corrected chi connectivity index (χ1v) is 6.11. The average molecular weight is 282 g/mol. The lowest BCUT2D eigenvalue weighted by molar-refractivity contribution is -0.141. The molecule has 20 heavy (non-hydrogen) atoms. The fourth-order valence-corrected chi connectivity index (χ4v) is 1.71. The molecule has 1 unspecified atom stereocenters. The molecule has 0 heterocycles. The molecule has 4 N–H and O–H groups in total. The number of carbonyl (C=O) groups is 2. The predicted octanol–water partition coefficient (Wildman–Crippen LogP) is -0.262. The molecule has 0 saturated heterocycles. The van der Waals surface area contributed by atoms with Gasteiger partial charge in [-0.05, 0) is 5.56 Å². The Morgan fingerprint density at radius 3 is 2.15 bits per heavy atom. The molecule has 0 bridgehead atoms. The molecule has 1 rings (SSSR count). The van der Waals surface area contributed by atoms with Gasteiger partial charge in [0.05, 0.1) is 13.1 Å². The number of carboxylic acids is 2. The summed E-state index contributed by atoms with van der Waals surface area (Å²) in [5.74, 6) is -2.18. The molecule has 1 aromatic rings. The molecular formula is C13H18N2O5. The van der Waals surface area contributed by atoms with Crippen molar-refractivity contribution in [2.24, 2.45) is 0 Å². The van der Waals surface area contributed by atoms with Gasteiger partial charge in [-0.2, -0.15) is 0 Å². The van der Waals surface area contributed by atoms with Gasteiger partial charge in [-0.1, -0.05) is 30.3 Å². The predicted molar refractivity (Wildman–Crippen MR) is 71.1 cm³/mol. The van der Waals surface area contributed by atoms with E-state index in [2.05, 4.69) is 5.32 Å². The zero-order chi connectivity index (χ0) is 15.0. The molecule has 0 aromatic heterocycles. The minimum Gasteiger partial charge on any atom is -0.480 e. The van der Waals surface area contributed by atoms with Crippen LogP contribution >= 0.6 is 0 Å². The molecule has 0 spiro atoms. The third-order valence-electron chi connectivity index (χ3n) is 2.60. The Kier molecular flexibility index (Phi) is 6.65. The standard InChI is InChI=1S/C13H18N2O5/c16-11(17)8-15(9-12(18)19)7-6-14-13(20)10-4-2-1-3-5-10/h1-5,13-14,20H,6-9H2,(H,16,17)(H,18,19). The molecule has 0 aliphatic rings. The zero-order valence-corrected chi connectivity index (χ0v) is 10.9. The van der Waals surface area contributed by atoms with Gasteiger partial charge in [0, 0.05) is 13.1 Å². The molecule has 1 aromatic carbocycles. The van der Waals surface area contributed by atoms with E-state index in [9.17, 15) is 14.7 Å². The Morgan fingerprint density at radius 1 is 1.10 bits per heavy atom. The lowest BCUT2D eigenvalue weighted by atomic mass is 10.2. The smallest absolute Gasteiger partial charge is 0.317 e. The van der Waals surface area contributed by atoms with E-state index in [1.807, 2.05) is 6.07 Å². The lowest BCUT2D eigenvalue weighted by Gasteiger charge is -2.19. The van der Waals surface area contributed by atoms with E-state index >= 15 is 0 Å². The summed E-state index contributed by atoms with van der Waals surface area (Å²) in [4.78, 5) is 22.5. The number of aliphatic hydroxyl groups excluding tert-OH is 1. The van der Waals surface area contributed by atoms with Gasteiger partial charge in [-0.15, -0.1) is 0 Å². The van der Waals surface area contributed by atoms with Crippen LogP contribution in [0.1, 0.15) is 11.8 Å². The third kappa shape index (κ3) is 6.28. The summed E-state index contributed by atoms with van der Waals surface area (Å²) in [6, 6.07) is 8.92. The summed E-state index contributed by atoms with van der Waals surface area (Å²) in [5.41, 5.74) is 0.690. The van der Waals surface area contributed by atoms with Gasteiger partial charge in [-0.3, -0.25) is 19.8 Å². The molecule has 7 heteroatoms. The van der Waals surface area contributed by atoms with Crippen molar-refractivity contribution in [1.82, 2.24) is 10.2 Å². The highest BCUT2D eigenvalue weighted by atomic mass is 16.4. The Hall–Kier alpha value is -1.96. The van der Waals surface area contributed by atoms with Gasteiger partial charge in [0.25, 0.3) is 0 Å². The van der Waals surface area contributed by atoms with E-state index in [1.54, 1.807) is 24.3 Å². The van der Waals surface area contributed by atoms with Crippen molar-refractivity contribution in [3.05, 3.63) is 35.9 Å². The van der Waals surface area contributed by atoms with Crippen molar-refractivity contribution >= 4 is 11.9 Å². The van der Waals surface area contributed by atoms with Gasteiger partial charge in [0.2, 0.25) is 0 Å². The minimum absolute atomic E-state index is 0.211. The van der Waals surface area contributed by atoms with Crippen LogP contribution in [0.3, 0.4) is 0 Å². The maximum absolute atomic E-state index is 10.6. The Bertz CT molecular complexity index is 422. The molecule has 1 atom stereocenters. The van der Waals surface area contributed by atoms with Crippen LogP contribution in [0, 0.1) is 0 Å². The summed E-state index contributed by atoms with van der Waals surface area (Å²) >= 11 is 0. The molecule has 0 radical (unpaired) electrons. The first kappa shape index (κ1) is 16.1. The van der Waals surface area contributed by atoms with Gasteiger partial charge in [0.15, 0.2) is 0 Å². The summed E-state index contributed by atoms with van der Waals surface area (Å²) in [6.07, 6.45) is -0.868. The molecule has 0 saturated carbocycles. The van der Waals surface area contributed by atoms with Crippen molar-refractivity contribution in [1.29, 1.82) is 0 Å². The maximum atomic E-state index is 10.6. The van der Waals surface area contributed by atoms with Crippen LogP contribution in [-0.2, 0) is 9.59 Å². The fourth-order valence-electron chi connectivity index (χ4n) is 1.71. The largest absolute Gasteiger partial charge is 0.480 e. The van der Waals surface area contributed by atoms with Crippen molar-refractivity contribution < 1.29 is 24.9 Å². The van der Waals surface area contributed by atoms with E-state index in [0.29, 0.717) is 5.56 Å². The Labute approximate surface area is 116 Å². The number of nitrogens with zero attached hydrogens (tertiary/aromatic N) is 1. The first-order chi connectivity index (χ1) is 9.49. The van der Waals surface area contributed by atoms with Gasteiger partial charge < -0.3 is 15.3 Å². The van der Waals surface area contributed by atoms with E-state index < -0.39 is 18.2 Å². The molecular weight excluding hydrogens is 264 g/mol. The highest BCUT2D eigenvalue weighted by molar-refractivity contribution is 5.72. The second kappa shape index (κ2) is 8.26. The normalized spacial score (nSPS) is 12.3. The number of hydrogen-bond acceptors (Lipinski definition) is 5. The lowest BCUT2D eigenvalue weighted by Crippen LogP contribution is -2.39. The second-order valence-corrected chi connectivity index (χ2v) is 4.27. The number of carboxylic acid groups (broad SMARTS) is 2. The summed E-state index contributed by atoms with van der Waals surface area (Å²) in [6.45, 7) is -0.218. The van der Waals surface area contributed by atoms with Crippen molar-refractivity contribution in [3.63, 3.8) is 0 Å². The highest BCUT2D eigenvalue weighted by Crippen LogP contribution is 2.07. The van der Waals surface area contributed by atoms with Gasteiger partial charge in [-0.25, -0.2) is 0 Å².